The monoisotopic (exact) mass is 525 g/mol. The van der Waals surface area contributed by atoms with E-state index in [1.165, 1.54) is 0 Å². The van der Waals surface area contributed by atoms with Gasteiger partial charge in [0.15, 0.2) is 0 Å². The van der Waals surface area contributed by atoms with Gasteiger partial charge in [0, 0.05) is 25.8 Å². The molecule has 2 rings (SSSR count). The number of carbonyl (C=O) groups excluding carboxylic acids is 2. The second kappa shape index (κ2) is 12.7. The number of halogens is 7. The standard InChI is InChI=1S/C12H16ClN5O2.2C2HF3O2/c13-9-8(1-3-17-10(9)14)16-4-6-18-5-2-7(11(15)19)12(18)20;2*3-2(4,5)1(6)7/h1,3,7H,2,4-6H2,(H2,15,19)(H3,14,16,17);2*(H,6,7). The van der Waals surface area contributed by atoms with Crippen molar-refractivity contribution < 1.29 is 55.7 Å². The lowest BCUT2D eigenvalue weighted by molar-refractivity contribution is -0.193. The summed E-state index contributed by atoms with van der Waals surface area (Å²) < 4.78 is 63.5. The Morgan fingerprint density at radius 3 is 2.00 bits per heavy atom. The number of amides is 2. The molecule has 1 aromatic rings. The topological polar surface area (TPSA) is 189 Å². The van der Waals surface area contributed by atoms with Crippen molar-refractivity contribution in [3.8, 4) is 0 Å². The number of pyridine rings is 1. The first kappa shape index (κ1) is 30.5. The molecule has 1 atom stereocenters. The van der Waals surface area contributed by atoms with Crippen LogP contribution < -0.4 is 16.8 Å². The first-order chi connectivity index (χ1) is 15.4. The Morgan fingerprint density at radius 1 is 1.15 bits per heavy atom. The minimum atomic E-state index is -5.08. The van der Waals surface area contributed by atoms with Crippen molar-refractivity contribution in [2.24, 2.45) is 11.7 Å². The van der Waals surface area contributed by atoms with E-state index in [9.17, 15) is 35.9 Å². The highest BCUT2D eigenvalue weighted by Crippen LogP contribution is 2.25. The number of alkyl halides is 6. The zero-order chi connectivity index (χ0) is 26.9. The van der Waals surface area contributed by atoms with Crippen LogP contribution in [0.15, 0.2) is 12.3 Å². The summed E-state index contributed by atoms with van der Waals surface area (Å²) in [7, 11) is 0. The summed E-state index contributed by atoms with van der Waals surface area (Å²) in [6.07, 6.45) is -8.13. The summed E-state index contributed by atoms with van der Waals surface area (Å²) in [5.74, 6) is -6.71. The normalized spacial score (nSPS) is 15.4. The number of nitrogens with two attached hydrogens (primary N) is 2. The van der Waals surface area contributed by atoms with Crippen LogP contribution in [0.5, 0.6) is 0 Å². The fourth-order valence-corrected chi connectivity index (χ4v) is 2.33. The van der Waals surface area contributed by atoms with Crippen molar-refractivity contribution in [2.75, 3.05) is 30.7 Å². The molecule has 0 spiro atoms. The SMILES string of the molecule is NC(=O)C1CCN(CCNc2ccnc(N)c2Cl)C1=O.O=C(O)C(F)(F)F.O=C(O)C(F)(F)F. The van der Waals surface area contributed by atoms with Crippen LogP contribution in [0.4, 0.5) is 37.8 Å². The molecule has 1 saturated heterocycles. The Labute approximate surface area is 191 Å². The Hall–Kier alpha value is -3.50. The van der Waals surface area contributed by atoms with Gasteiger partial charge in [-0.05, 0) is 12.5 Å². The minimum absolute atomic E-state index is 0.209. The highest BCUT2D eigenvalue weighted by atomic mass is 35.5. The molecule has 0 aliphatic carbocycles. The van der Waals surface area contributed by atoms with E-state index < -0.39 is 36.1 Å². The number of carbonyl (C=O) groups is 4. The molecule has 1 unspecified atom stereocenters. The lowest BCUT2D eigenvalue weighted by atomic mass is 10.1. The predicted molar refractivity (Wildman–Crippen MR) is 103 cm³/mol. The molecule has 1 aliphatic rings. The molecule has 0 saturated carbocycles. The molecule has 18 heteroatoms. The summed E-state index contributed by atoms with van der Waals surface area (Å²) in [6, 6.07) is 1.71. The Balaban J connectivity index is 0.000000642. The number of likely N-dealkylation sites (tertiary alicyclic amines) is 1. The molecule has 0 radical (unpaired) electrons. The number of primary amides is 1. The van der Waals surface area contributed by atoms with Gasteiger partial charge in [-0.15, -0.1) is 0 Å². The summed E-state index contributed by atoms with van der Waals surface area (Å²) in [6.45, 7) is 1.52. The van der Waals surface area contributed by atoms with Gasteiger partial charge < -0.3 is 31.9 Å². The number of nitrogens with zero attached hydrogens (tertiary/aromatic N) is 2. The Morgan fingerprint density at radius 2 is 1.62 bits per heavy atom. The zero-order valence-electron chi connectivity index (χ0n) is 16.8. The van der Waals surface area contributed by atoms with E-state index in [1.807, 2.05) is 0 Å². The van der Waals surface area contributed by atoms with Crippen LogP contribution in [0.2, 0.25) is 5.02 Å². The van der Waals surface area contributed by atoms with Crippen molar-refractivity contribution >= 4 is 46.9 Å². The average molecular weight is 526 g/mol. The molecule has 1 aromatic heterocycles. The molecule has 1 fully saturated rings. The lowest BCUT2D eigenvalue weighted by Crippen LogP contribution is -2.35. The van der Waals surface area contributed by atoms with Gasteiger partial charge >= 0.3 is 24.3 Å². The average Bonchev–Trinajstić information content (AvgIpc) is 3.05. The first-order valence-electron chi connectivity index (χ1n) is 8.71. The van der Waals surface area contributed by atoms with Gasteiger partial charge in [-0.1, -0.05) is 11.6 Å². The quantitative estimate of drug-likeness (QED) is 0.279. The van der Waals surface area contributed by atoms with Crippen LogP contribution in [-0.4, -0.2) is 75.8 Å². The molecule has 11 nitrogen and oxygen atoms in total. The first-order valence-corrected chi connectivity index (χ1v) is 9.09. The summed E-state index contributed by atoms with van der Waals surface area (Å²) >= 11 is 5.99. The van der Waals surface area contributed by atoms with Crippen LogP contribution >= 0.6 is 11.6 Å². The smallest absolute Gasteiger partial charge is 0.475 e. The molecule has 7 N–H and O–H groups in total. The molecule has 34 heavy (non-hydrogen) atoms. The number of carboxylic acid groups (broad SMARTS) is 2. The number of nitrogens with one attached hydrogen (secondary N) is 1. The predicted octanol–water partition coefficient (Wildman–Crippen LogP) is 1.33. The van der Waals surface area contributed by atoms with Crippen molar-refractivity contribution in [3.63, 3.8) is 0 Å². The molecule has 2 amide bonds. The van der Waals surface area contributed by atoms with E-state index in [0.717, 1.165) is 0 Å². The largest absolute Gasteiger partial charge is 0.490 e. The second-order valence-corrected chi connectivity index (χ2v) is 6.54. The second-order valence-electron chi connectivity index (χ2n) is 6.16. The van der Waals surface area contributed by atoms with E-state index >= 15 is 0 Å². The zero-order valence-corrected chi connectivity index (χ0v) is 17.5. The highest BCUT2D eigenvalue weighted by Gasteiger charge is 2.39. The van der Waals surface area contributed by atoms with Gasteiger partial charge in [0.05, 0.1) is 5.69 Å². The molecule has 1 aliphatic heterocycles. The maximum absolute atomic E-state index is 11.9. The van der Waals surface area contributed by atoms with Crippen molar-refractivity contribution in [3.05, 3.63) is 17.3 Å². The molecule has 0 aromatic carbocycles. The molecular weight excluding hydrogens is 508 g/mol. The summed E-state index contributed by atoms with van der Waals surface area (Å²) in [4.78, 5) is 46.2. The van der Waals surface area contributed by atoms with Gasteiger partial charge in [0.1, 0.15) is 16.8 Å². The van der Waals surface area contributed by atoms with E-state index in [0.29, 0.717) is 36.8 Å². The number of anilines is 2. The maximum Gasteiger partial charge on any atom is 0.490 e. The Kier molecular flexibility index (Phi) is 11.4. The number of carboxylic acids is 2. The van der Waals surface area contributed by atoms with Gasteiger partial charge in [0.25, 0.3) is 0 Å². The fourth-order valence-electron chi connectivity index (χ4n) is 2.15. The number of rotatable bonds is 5. The van der Waals surface area contributed by atoms with Gasteiger partial charge in [0.2, 0.25) is 11.8 Å². The van der Waals surface area contributed by atoms with E-state index in [-0.39, 0.29) is 11.7 Å². The van der Waals surface area contributed by atoms with Crippen LogP contribution in [0.25, 0.3) is 0 Å². The van der Waals surface area contributed by atoms with E-state index in [2.05, 4.69) is 10.3 Å². The third-order valence-corrected chi connectivity index (χ3v) is 4.14. The van der Waals surface area contributed by atoms with Crippen LogP contribution in [0, 0.1) is 5.92 Å². The van der Waals surface area contributed by atoms with Gasteiger partial charge in [-0.25, -0.2) is 14.6 Å². The number of hydrogen-bond donors (Lipinski definition) is 5. The molecule has 2 heterocycles. The molecule has 192 valence electrons. The minimum Gasteiger partial charge on any atom is -0.475 e. The fraction of sp³-hybridized carbons (Fsp3) is 0.438. The third-order valence-electron chi connectivity index (χ3n) is 3.74. The van der Waals surface area contributed by atoms with Crippen molar-refractivity contribution in [1.82, 2.24) is 9.88 Å². The van der Waals surface area contributed by atoms with Crippen molar-refractivity contribution in [1.29, 1.82) is 0 Å². The van der Waals surface area contributed by atoms with Crippen LogP contribution in [-0.2, 0) is 19.2 Å². The lowest BCUT2D eigenvalue weighted by Gasteiger charge is -2.17. The van der Waals surface area contributed by atoms with Crippen molar-refractivity contribution in [2.45, 2.75) is 18.8 Å². The Bertz CT molecular complexity index is 874. The highest BCUT2D eigenvalue weighted by molar-refractivity contribution is 6.35. The number of aromatic nitrogens is 1. The number of hydrogen-bond acceptors (Lipinski definition) is 7. The number of aliphatic carboxylic acids is 2. The summed E-state index contributed by atoms with van der Waals surface area (Å²) in [5.41, 5.74) is 11.4. The number of nitrogen functional groups attached to an aromatic ring is 1. The van der Waals surface area contributed by atoms with Crippen LogP contribution in [0.1, 0.15) is 6.42 Å². The van der Waals surface area contributed by atoms with E-state index in [4.69, 9.17) is 42.9 Å². The van der Waals surface area contributed by atoms with Crippen LogP contribution in [0.3, 0.4) is 0 Å². The third kappa shape index (κ3) is 10.4. The maximum atomic E-state index is 11.9. The van der Waals surface area contributed by atoms with E-state index in [1.54, 1.807) is 17.2 Å². The molecular formula is C16H18ClF6N5O6. The summed E-state index contributed by atoms with van der Waals surface area (Å²) in [5, 5.41) is 17.7. The molecule has 0 bridgehead atoms. The van der Waals surface area contributed by atoms with Gasteiger partial charge in [-0.3, -0.25) is 9.59 Å². The van der Waals surface area contributed by atoms with Gasteiger partial charge in [-0.2, -0.15) is 26.3 Å².